The van der Waals surface area contributed by atoms with Gasteiger partial charge in [0.1, 0.15) is 11.9 Å². The average molecular weight is 383 g/mol. The van der Waals surface area contributed by atoms with Crippen molar-refractivity contribution < 1.29 is 9.59 Å². The number of imidazole rings is 1. The van der Waals surface area contributed by atoms with Crippen molar-refractivity contribution in [3.8, 4) is 0 Å². The first-order valence-electron chi connectivity index (χ1n) is 8.40. The first kappa shape index (κ1) is 18.7. The van der Waals surface area contributed by atoms with Gasteiger partial charge in [-0.05, 0) is 29.8 Å². The number of nitrogens with zero attached hydrogens (tertiary/aromatic N) is 2. The van der Waals surface area contributed by atoms with Crippen LogP contribution in [0.1, 0.15) is 27.8 Å². The lowest BCUT2D eigenvalue weighted by atomic mass is 10.1. The van der Waals surface area contributed by atoms with Crippen LogP contribution in [0.4, 0.5) is 0 Å². The zero-order valence-electron chi connectivity index (χ0n) is 14.7. The molecule has 0 saturated carbocycles. The molecule has 0 saturated heterocycles. The molecule has 1 atom stereocenters. The lowest BCUT2D eigenvalue weighted by Crippen LogP contribution is -2.39. The molecule has 2 amide bonds. The minimum atomic E-state index is -0.455. The van der Waals surface area contributed by atoms with Gasteiger partial charge in [0.15, 0.2) is 0 Å². The molecular weight excluding hydrogens is 364 g/mol. The number of aryl methyl sites for hydroxylation is 1. The third-order valence-electron chi connectivity index (χ3n) is 4.07. The molecule has 27 heavy (non-hydrogen) atoms. The Labute approximate surface area is 162 Å². The smallest absolute Gasteiger partial charge is 0.251 e. The van der Waals surface area contributed by atoms with Crippen molar-refractivity contribution >= 4 is 23.4 Å². The van der Waals surface area contributed by atoms with Gasteiger partial charge in [0, 0.05) is 30.0 Å². The van der Waals surface area contributed by atoms with E-state index in [0.717, 1.165) is 5.56 Å². The summed E-state index contributed by atoms with van der Waals surface area (Å²) < 4.78 is 1.84. The first-order valence-corrected chi connectivity index (χ1v) is 8.77. The van der Waals surface area contributed by atoms with Gasteiger partial charge in [-0.3, -0.25) is 9.59 Å². The molecule has 3 rings (SSSR count). The molecule has 3 aromatic rings. The number of nitrogens with one attached hydrogen (secondary N) is 2. The maximum atomic E-state index is 12.4. The van der Waals surface area contributed by atoms with Crippen LogP contribution in [0.25, 0.3) is 0 Å². The minimum absolute atomic E-state index is 0.137. The van der Waals surface area contributed by atoms with E-state index in [1.54, 1.807) is 42.6 Å². The molecule has 1 heterocycles. The van der Waals surface area contributed by atoms with Crippen LogP contribution in [0.3, 0.4) is 0 Å². The van der Waals surface area contributed by atoms with E-state index in [-0.39, 0.29) is 18.4 Å². The molecule has 0 radical (unpaired) electrons. The number of aromatic nitrogens is 2. The van der Waals surface area contributed by atoms with Crippen molar-refractivity contribution in [1.29, 1.82) is 0 Å². The van der Waals surface area contributed by atoms with Crippen LogP contribution < -0.4 is 10.6 Å². The topological polar surface area (TPSA) is 76.0 Å². The maximum Gasteiger partial charge on any atom is 0.251 e. The second-order valence-corrected chi connectivity index (χ2v) is 6.43. The number of hydrogen-bond donors (Lipinski definition) is 2. The Kier molecular flexibility index (Phi) is 5.88. The molecule has 1 aromatic heterocycles. The second-order valence-electron chi connectivity index (χ2n) is 6.00. The minimum Gasteiger partial charge on any atom is -0.343 e. The molecule has 2 N–H and O–H groups in total. The third kappa shape index (κ3) is 4.74. The fourth-order valence-corrected chi connectivity index (χ4v) is 2.80. The Morgan fingerprint density at radius 3 is 2.44 bits per heavy atom. The summed E-state index contributed by atoms with van der Waals surface area (Å²) in [5.74, 6) is 0.0630. The SMILES string of the molecule is Cn1ccnc1C(NC(=O)CNC(=O)c1ccccc1)c1ccc(Cl)cc1. The molecule has 0 aliphatic rings. The van der Waals surface area contributed by atoms with Gasteiger partial charge in [0.05, 0.1) is 6.54 Å². The molecule has 0 aliphatic carbocycles. The van der Waals surface area contributed by atoms with Crippen LogP contribution in [0, 0.1) is 0 Å². The lowest BCUT2D eigenvalue weighted by molar-refractivity contribution is -0.120. The van der Waals surface area contributed by atoms with Crippen LogP contribution in [0.15, 0.2) is 67.0 Å². The monoisotopic (exact) mass is 382 g/mol. The van der Waals surface area contributed by atoms with Crippen molar-refractivity contribution in [1.82, 2.24) is 20.2 Å². The summed E-state index contributed by atoms with van der Waals surface area (Å²) in [6.45, 7) is -0.137. The molecular formula is C20H19ClN4O2. The highest BCUT2D eigenvalue weighted by molar-refractivity contribution is 6.30. The van der Waals surface area contributed by atoms with Gasteiger partial charge in [-0.1, -0.05) is 41.9 Å². The van der Waals surface area contributed by atoms with E-state index in [1.807, 2.05) is 36.0 Å². The summed E-state index contributed by atoms with van der Waals surface area (Å²) in [5, 5.41) is 6.16. The molecule has 0 fully saturated rings. The maximum absolute atomic E-state index is 12.4. The Morgan fingerprint density at radius 1 is 1.11 bits per heavy atom. The van der Waals surface area contributed by atoms with Crippen molar-refractivity contribution in [2.24, 2.45) is 7.05 Å². The van der Waals surface area contributed by atoms with E-state index in [4.69, 9.17) is 11.6 Å². The fraction of sp³-hybridized carbons (Fsp3) is 0.150. The molecule has 0 bridgehead atoms. The molecule has 138 valence electrons. The number of halogens is 1. The lowest BCUT2D eigenvalue weighted by Gasteiger charge is -2.19. The van der Waals surface area contributed by atoms with Gasteiger partial charge < -0.3 is 15.2 Å². The van der Waals surface area contributed by atoms with E-state index in [1.165, 1.54) is 0 Å². The molecule has 0 spiro atoms. The summed E-state index contributed by atoms with van der Waals surface area (Å²) in [4.78, 5) is 28.9. The van der Waals surface area contributed by atoms with E-state index < -0.39 is 6.04 Å². The Morgan fingerprint density at radius 2 is 1.81 bits per heavy atom. The second kappa shape index (κ2) is 8.51. The van der Waals surface area contributed by atoms with Gasteiger partial charge in [0.25, 0.3) is 5.91 Å². The molecule has 6 nitrogen and oxygen atoms in total. The summed E-state index contributed by atoms with van der Waals surface area (Å²) in [7, 11) is 1.86. The standard InChI is InChI=1S/C20H19ClN4O2/c1-25-12-11-22-19(25)18(14-7-9-16(21)10-8-14)24-17(26)13-23-20(27)15-5-3-2-4-6-15/h2-12,18H,13H2,1H3,(H,23,27)(H,24,26). The van der Waals surface area contributed by atoms with Crippen molar-refractivity contribution in [2.45, 2.75) is 6.04 Å². The number of rotatable bonds is 6. The third-order valence-corrected chi connectivity index (χ3v) is 4.32. The quantitative estimate of drug-likeness (QED) is 0.688. The Balaban J connectivity index is 1.70. The normalized spacial score (nSPS) is 11.6. The highest BCUT2D eigenvalue weighted by Crippen LogP contribution is 2.22. The van der Waals surface area contributed by atoms with Crippen LogP contribution in [0.5, 0.6) is 0 Å². The predicted molar refractivity (Wildman–Crippen MR) is 103 cm³/mol. The van der Waals surface area contributed by atoms with Gasteiger partial charge in [-0.2, -0.15) is 0 Å². The summed E-state index contributed by atoms with van der Waals surface area (Å²) in [6.07, 6.45) is 3.48. The highest BCUT2D eigenvalue weighted by atomic mass is 35.5. The zero-order chi connectivity index (χ0) is 19.2. The van der Waals surface area contributed by atoms with Crippen LogP contribution in [-0.4, -0.2) is 27.9 Å². The predicted octanol–water partition coefficient (Wildman–Crippen LogP) is 2.71. The van der Waals surface area contributed by atoms with Gasteiger partial charge in [0.2, 0.25) is 5.91 Å². The van der Waals surface area contributed by atoms with Crippen LogP contribution in [-0.2, 0) is 11.8 Å². The highest BCUT2D eigenvalue weighted by Gasteiger charge is 2.21. The zero-order valence-corrected chi connectivity index (χ0v) is 15.5. The summed E-state index contributed by atoms with van der Waals surface area (Å²) in [5.41, 5.74) is 1.35. The van der Waals surface area contributed by atoms with E-state index in [9.17, 15) is 9.59 Å². The van der Waals surface area contributed by atoms with Gasteiger partial charge in [-0.15, -0.1) is 0 Å². The molecule has 0 aliphatic heterocycles. The Bertz CT molecular complexity index is 923. The van der Waals surface area contributed by atoms with Crippen LogP contribution in [0.2, 0.25) is 5.02 Å². The van der Waals surface area contributed by atoms with E-state index >= 15 is 0 Å². The molecule has 7 heteroatoms. The summed E-state index contributed by atoms with van der Waals surface area (Å²) >= 11 is 5.97. The summed E-state index contributed by atoms with van der Waals surface area (Å²) in [6, 6.07) is 15.5. The number of amides is 2. The Hall–Kier alpha value is -3.12. The number of carbonyl (C=O) groups excluding carboxylic acids is 2. The molecule has 2 aromatic carbocycles. The van der Waals surface area contributed by atoms with Crippen LogP contribution >= 0.6 is 11.6 Å². The first-order chi connectivity index (χ1) is 13.0. The van der Waals surface area contributed by atoms with Crippen molar-refractivity contribution in [3.63, 3.8) is 0 Å². The van der Waals surface area contributed by atoms with E-state index in [2.05, 4.69) is 15.6 Å². The number of carbonyl (C=O) groups is 2. The number of hydrogen-bond acceptors (Lipinski definition) is 3. The van der Waals surface area contributed by atoms with Gasteiger partial charge >= 0.3 is 0 Å². The average Bonchev–Trinajstić information content (AvgIpc) is 3.11. The molecule has 1 unspecified atom stereocenters. The van der Waals surface area contributed by atoms with Crippen molar-refractivity contribution in [2.75, 3.05) is 6.54 Å². The van der Waals surface area contributed by atoms with Gasteiger partial charge in [-0.25, -0.2) is 4.98 Å². The largest absolute Gasteiger partial charge is 0.343 e. The fourth-order valence-electron chi connectivity index (χ4n) is 2.67. The van der Waals surface area contributed by atoms with E-state index in [0.29, 0.717) is 16.4 Å². The van der Waals surface area contributed by atoms with Crippen molar-refractivity contribution in [3.05, 3.63) is 89.0 Å². The number of benzene rings is 2.